The van der Waals surface area contributed by atoms with Gasteiger partial charge in [-0.15, -0.1) is 0 Å². The summed E-state index contributed by atoms with van der Waals surface area (Å²) < 4.78 is 0. The van der Waals surface area contributed by atoms with Gasteiger partial charge in [0.25, 0.3) is 5.69 Å². The molecule has 1 aliphatic heterocycles. The van der Waals surface area contributed by atoms with Gasteiger partial charge in [0.15, 0.2) is 0 Å². The summed E-state index contributed by atoms with van der Waals surface area (Å²) in [5, 5.41) is 20.9. The van der Waals surface area contributed by atoms with Crippen molar-refractivity contribution >= 4 is 17.3 Å². The van der Waals surface area contributed by atoms with Gasteiger partial charge in [-0.25, -0.2) is 0 Å². The van der Waals surface area contributed by atoms with Gasteiger partial charge in [0, 0.05) is 25.7 Å². The van der Waals surface area contributed by atoms with E-state index in [1.807, 2.05) is 4.90 Å². The molecule has 5 nitrogen and oxygen atoms in total. The van der Waals surface area contributed by atoms with E-state index in [2.05, 4.69) is 0 Å². The average molecular weight is 257 g/mol. The summed E-state index contributed by atoms with van der Waals surface area (Å²) in [6, 6.07) is 4.65. The Morgan fingerprint density at radius 1 is 1.59 bits per heavy atom. The molecule has 1 fully saturated rings. The van der Waals surface area contributed by atoms with Crippen molar-refractivity contribution in [1.29, 1.82) is 0 Å². The van der Waals surface area contributed by atoms with Gasteiger partial charge in [-0.3, -0.25) is 15.0 Å². The Hall–Kier alpha value is -1.17. The molecule has 0 bridgehead atoms. The highest BCUT2D eigenvalue weighted by Crippen LogP contribution is 2.30. The lowest BCUT2D eigenvalue weighted by atomic mass is 9.96. The largest absolute Gasteiger partial charge is 0.388 e. The molecule has 1 saturated heterocycles. The zero-order chi connectivity index (χ0) is 12.6. The third kappa shape index (κ3) is 2.57. The van der Waals surface area contributed by atoms with E-state index in [0.29, 0.717) is 30.2 Å². The minimum absolute atomic E-state index is 0.0315. The monoisotopic (exact) mass is 256 g/mol. The number of benzene rings is 1. The van der Waals surface area contributed by atoms with Crippen molar-refractivity contribution in [2.45, 2.75) is 19.1 Å². The maximum absolute atomic E-state index is 10.9. The highest BCUT2D eigenvalue weighted by Gasteiger charge is 2.37. The Bertz CT molecular complexity index is 454. The van der Waals surface area contributed by atoms with Crippen LogP contribution in [0.25, 0.3) is 0 Å². The highest BCUT2D eigenvalue weighted by atomic mass is 35.5. The molecule has 0 spiro atoms. The second-order valence-electron chi connectivity index (χ2n) is 4.64. The van der Waals surface area contributed by atoms with Crippen molar-refractivity contribution in [3.05, 3.63) is 38.9 Å². The molecule has 0 unspecified atom stereocenters. The molecule has 6 heteroatoms. The summed E-state index contributed by atoms with van der Waals surface area (Å²) in [4.78, 5) is 12.4. The number of hydrogen-bond acceptors (Lipinski definition) is 4. The van der Waals surface area contributed by atoms with E-state index in [-0.39, 0.29) is 5.69 Å². The summed E-state index contributed by atoms with van der Waals surface area (Å²) >= 11 is 5.98. The van der Waals surface area contributed by atoms with Gasteiger partial charge in [0.1, 0.15) is 0 Å². The van der Waals surface area contributed by atoms with Gasteiger partial charge in [0.2, 0.25) is 0 Å². The van der Waals surface area contributed by atoms with Crippen LogP contribution < -0.4 is 0 Å². The minimum atomic E-state index is -0.684. The van der Waals surface area contributed by atoms with Gasteiger partial charge in [-0.05, 0) is 13.0 Å². The van der Waals surface area contributed by atoms with Gasteiger partial charge in [-0.2, -0.15) is 0 Å². The first-order valence-electron chi connectivity index (χ1n) is 5.25. The summed E-state index contributed by atoms with van der Waals surface area (Å²) in [6.45, 7) is 3.15. The van der Waals surface area contributed by atoms with Crippen molar-refractivity contribution < 1.29 is 10.0 Å². The van der Waals surface area contributed by atoms with Gasteiger partial charge < -0.3 is 5.11 Å². The average Bonchev–Trinajstić information content (AvgIpc) is 2.17. The second kappa shape index (κ2) is 4.25. The van der Waals surface area contributed by atoms with Crippen LogP contribution >= 0.6 is 11.6 Å². The van der Waals surface area contributed by atoms with E-state index in [4.69, 9.17) is 11.6 Å². The van der Waals surface area contributed by atoms with Gasteiger partial charge in [-0.1, -0.05) is 17.7 Å². The number of rotatable bonds is 3. The van der Waals surface area contributed by atoms with E-state index < -0.39 is 10.5 Å². The Balaban J connectivity index is 2.18. The van der Waals surface area contributed by atoms with Crippen LogP contribution in [-0.4, -0.2) is 33.6 Å². The predicted octanol–water partition coefficient (Wildman–Crippen LogP) is 1.81. The number of halogens is 1. The molecule has 17 heavy (non-hydrogen) atoms. The first-order valence-corrected chi connectivity index (χ1v) is 5.63. The topological polar surface area (TPSA) is 66.6 Å². The molecule has 0 amide bonds. The van der Waals surface area contributed by atoms with Crippen molar-refractivity contribution in [1.82, 2.24) is 4.90 Å². The first-order chi connectivity index (χ1) is 7.89. The molecule has 0 radical (unpaired) electrons. The van der Waals surface area contributed by atoms with Crippen LogP contribution in [-0.2, 0) is 6.54 Å². The molecule has 1 aromatic carbocycles. The molecule has 1 aromatic rings. The van der Waals surface area contributed by atoms with Crippen molar-refractivity contribution in [2.24, 2.45) is 0 Å². The molecule has 0 aliphatic carbocycles. The van der Waals surface area contributed by atoms with Crippen LogP contribution in [0.3, 0.4) is 0 Å². The van der Waals surface area contributed by atoms with E-state index in [1.165, 1.54) is 6.07 Å². The lowest BCUT2D eigenvalue weighted by Gasteiger charge is -2.44. The highest BCUT2D eigenvalue weighted by molar-refractivity contribution is 6.31. The molecule has 1 heterocycles. The van der Waals surface area contributed by atoms with Crippen LogP contribution in [0.15, 0.2) is 18.2 Å². The number of hydrogen-bond donors (Lipinski definition) is 1. The van der Waals surface area contributed by atoms with E-state index >= 15 is 0 Å². The Morgan fingerprint density at radius 3 is 2.76 bits per heavy atom. The number of nitro benzene ring substituents is 1. The van der Waals surface area contributed by atoms with Crippen LogP contribution in [0.4, 0.5) is 5.69 Å². The summed E-state index contributed by atoms with van der Waals surface area (Å²) in [7, 11) is 0. The zero-order valence-electron chi connectivity index (χ0n) is 9.39. The molecule has 1 aliphatic rings. The Labute approximate surface area is 104 Å². The quantitative estimate of drug-likeness (QED) is 0.662. The fourth-order valence-corrected chi connectivity index (χ4v) is 2.36. The maximum Gasteiger partial charge on any atom is 0.275 e. The molecule has 0 aromatic heterocycles. The predicted molar refractivity (Wildman–Crippen MR) is 64.0 cm³/mol. The lowest BCUT2D eigenvalue weighted by molar-refractivity contribution is -0.385. The van der Waals surface area contributed by atoms with E-state index in [0.717, 1.165) is 0 Å². The summed E-state index contributed by atoms with van der Waals surface area (Å²) in [6.07, 6.45) is 0. The molecule has 0 atom stereocenters. The smallest absolute Gasteiger partial charge is 0.275 e. The standard InChI is InChI=1S/C11H13ClN2O3/c1-11(15)6-13(7-11)5-8-9(12)3-2-4-10(8)14(16)17/h2-4,15H,5-7H2,1H3. The molecular formula is C11H13ClN2O3. The van der Waals surface area contributed by atoms with Crippen LogP contribution in [0.5, 0.6) is 0 Å². The Kier molecular flexibility index (Phi) is 3.07. The van der Waals surface area contributed by atoms with Crippen molar-refractivity contribution in [2.75, 3.05) is 13.1 Å². The maximum atomic E-state index is 10.9. The molecular weight excluding hydrogens is 244 g/mol. The molecule has 2 rings (SSSR count). The third-order valence-corrected chi connectivity index (χ3v) is 3.16. The van der Waals surface area contributed by atoms with E-state index in [1.54, 1.807) is 19.1 Å². The van der Waals surface area contributed by atoms with Gasteiger partial charge in [0.05, 0.1) is 21.1 Å². The number of likely N-dealkylation sites (tertiary alicyclic amines) is 1. The third-order valence-electron chi connectivity index (χ3n) is 2.80. The zero-order valence-corrected chi connectivity index (χ0v) is 10.1. The summed E-state index contributed by atoms with van der Waals surface area (Å²) in [5.41, 5.74) is -0.144. The fraction of sp³-hybridized carbons (Fsp3) is 0.455. The molecule has 92 valence electrons. The van der Waals surface area contributed by atoms with Crippen molar-refractivity contribution in [3.8, 4) is 0 Å². The first kappa shape index (κ1) is 12.3. The number of nitro groups is 1. The van der Waals surface area contributed by atoms with E-state index in [9.17, 15) is 15.2 Å². The fourth-order valence-electron chi connectivity index (χ4n) is 2.13. The van der Waals surface area contributed by atoms with Crippen molar-refractivity contribution in [3.63, 3.8) is 0 Å². The Morgan fingerprint density at radius 2 is 2.24 bits per heavy atom. The van der Waals surface area contributed by atoms with Gasteiger partial charge >= 0.3 is 0 Å². The van der Waals surface area contributed by atoms with Crippen LogP contribution in [0, 0.1) is 10.1 Å². The lowest BCUT2D eigenvalue weighted by Crippen LogP contribution is -2.59. The van der Waals surface area contributed by atoms with Crippen LogP contribution in [0.2, 0.25) is 5.02 Å². The minimum Gasteiger partial charge on any atom is -0.388 e. The normalized spacial score (nSPS) is 18.8. The molecule has 1 N–H and O–H groups in total. The number of aliphatic hydroxyl groups is 1. The SMILES string of the molecule is CC1(O)CN(Cc2c(Cl)cccc2[N+](=O)[O-])C1. The molecule has 0 saturated carbocycles. The number of β-amino-alcohol motifs (C(OH)–C–C–N with tert-alkyl or cyclic N) is 1. The second-order valence-corrected chi connectivity index (χ2v) is 5.04. The number of nitrogens with zero attached hydrogens (tertiary/aromatic N) is 2. The van der Waals surface area contributed by atoms with Crippen LogP contribution in [0.1, 0.15) is 12.5 Å². The summed E-state index contributed by atoms with van der Waals surface area (Å²) in [5.74, 6) is 0.